The first-order valence-electron chi connectivity index (χ1n) is 9.86. The summed E-state index contributed by atoms with van der Waals surface area (Å²) in [4.78, 5) is 22.7. The zero-order valence-corrected chi connectivity index (χ0v) is 16.3. The average Bonchev–Trinajstić information content (AvgIpc) is 3.11. The van der Waals surface area contributed by atoms with Gasteiger partial charge in [0.15, 0.2) is 0 Å². The van der Waals surface area contributed by atoms with Crippen LogP contribution in [0.1, 0.15) is 31.2 Å². The number of nitrogens with zero attached hydrogens (tertiary/aromatic N) is 1. The molecule has 6 nitrogen and oxygen atoms in total. The number of rotatable bonds is 11. The summed E-state index contributed by atoms with van der Waals surface area (Å²) in [6.45, 7) is 1.29. The van der Waals surface area contributed by atoms with Gasteiger partial charge in [-0.1, -0.05) is 36.8 Å². The Hall–Kier alpha value is -3.28. The number of hydrogen-bond acceptors (Lipinski definition) is 3. The van der Waals surface area contributed by atoms with Crippen molar-refractivity contribution in [2.24, 2.45) is 0 Å². The smallest absolute Gasteiger partial charge is 0.303 e. The second-order valence-corrected chi connectivity index (χ2v) is 6.99. The van der Waals surface area contributed by atoms with Crippen LogP contribution in [-0.2, 0) is 22.7 Å². The molecule has 0 bridgehead atoms. The molecule has 0 fully saturated rings. The molecule has 2 aromatic carbocycles. The van der Waals surface area contributed by atoms with Gasteiger partial charge in [-0.05, 0) is 42.0 Å². The number of unbranched alkanes of at least 4 members (excludes halogenated alkanes) is 2. The van der Waals surface area contributed by atoms with Gasteiger partial charge in [-0.15, -0.1) is 0 Å². The number of aliphatic carboxylic acids is 1. The summed E-state index contributed by atoms with van der Waals surface area (Å²) in [6, 6.07) is 17.9. The van der Waals surface area contributed by atoms with Gasteiger partial charge in [0.2, 0.25) is 5.91 Å². The number of carboxylic acids is 1. The van der Waals surface area contributed by atoms with Gasteiger partial charge in [0.1, 0.15) is 18.9 Å². The van der Waals surface area contributed by atoms with E-state index in [4.69, 9.17) is 9.84 Å². The molecule has 0 aliphatic heterocycles. The molecule has 0 saturated carbocycles. The number of ether oxygens (including phenoxy) is 1. The van der Waals surface area contributed by atoms with Gasteiger partial charge in [0, 0.05) is 25.2 Å². The van der Waals surface area contributed by atoms with Crippen LogP contribution in [0.15, 0.2) is 60.8 Å². The van der Waals surface area contributed by atoms with Gasteiger partial charge < -0.3 is 19.7 Å². The van der Waals surface area contributed by atoms with Crippen LogP contribution in [0.4, 0.5) is 0 Å². The molecule has 2 N–H and O–H groups in total. The molecule has 0 spiro atoms. The van der Waals surface area contributed by atoms with E-state index in [9.17, 15) is 9.59 Å². The Kier molecular flexibility index (Phi) is 7.28. The maximum atomic E-state index is 12.2. The molecule has 0 atom stereocenters. The number of fused-ring (bicyclic) bond motifs is 1. The van der Waals surface area contributed by atoms with Gasteiger partial charge in [-0.25, -0.2) is 0 Å². The van der Waals surface area contributed by atoms with E-state index in [1.807, 2.05) is 65.4 Å². The first kappa shape index (κ1) is 20.5. The van der Waals surface area contributed by atoms with Gasteiger partial charge in [0.05, 0.1) is 5.52 Å². The van der Waals surface area contributed by atoms with Crippen LogP contribution in [0.2, 0.25) is 0 Å². The van der Waals surface area contributed by atoms with E-state index < -0.39 is 5.97 Å². The third-order valence-electron chi connectivity index (χ3n) is 4.70. The van der Waals surface area contributed by atoms with Crippen molar-refractivity contribution in [2.45, 2.75) is 38.8 Å². The molecule has 3 aromatic rings. The van der Waals surface area contributed by atoms with Crippen LogP contribution in [0, 0.1) is 0 Å². The van der Waals surface area contributed by atoms with Crippen LogP contribution >= 0.6 is 0 Å². The van der Waals surface area contributed by atoms with E-state index in [1.54, 1.807) is 0 Å². The van der Waals surface area contributed by atoms with E-state index >= 15 is 0 Å². The minimum Gasteiger partial charge on any atom is -0.489 e. The largest absolute Gasteiger partial charge is 0.489 e. The summed E-state index contributed by atoms with van der Waals surface area (Å²) in [6.07, 6.45) is 4.29. The topological polar surface area (TPSA) is 80.6 Å². The molecule has 0 unspecified atom stereocenters. The number of amides is 1. The second-order valence-electron chi connectivity index (χ2n) is 6.99. The highest BCUT2D eigenvalue weighted by Crippen LogP contribution is 2.23. The second kappa shape index (κ2) is 10.3. The van der Waals surface area contributed by atoms with E-state index in [-0.39, 0.29) is 18.9 Å². The monoisotopic (exact) mass is 394 g/mol. The lowest BCUT2D eigenvalue weighted by atomic mass is 10.2. The molecule has 152 valence electrons. The Morgan fingerprint density at radius 3 is 2.62 bits per heavy atom. The number of carbonyl (C=O) groups excluding carboxylic acids is 1. The lowest BCUT2D eigenvalue weighted by Gasteiger charge is -2.09. The maximum absolute atomic E-state index is 12.2. The van der Waals surface area contributed by atoms with Crippen molar-refractivity contribution >= 4 is 22.8 Å². The fraction of sp³-hybridized carbons (Fsp3) is 0.304. The van der Waals surface area contributed by atoms with Crippen molar-refractivity contribution in [3.05, 3.63) is 66.4 Å². The zero-order valence-electron chi connectivity index (χ0n) is 16.3. The predicted molar refractivity (Wildman–Crippen MR) is 112 cm³/mol. The SMILES string of the molecule is O=C(O)CCCCCNC(=O)Cn1ccc2ccc(OCc3ccccc3)cc21. The first-order valence-corrected chi connectivity index (χ1v) is 9.86. The molecular formula is C23H26N2O4. The summed E-state index contributed by atoms with van der Waals surface area (Å²) in [5, 5.41) is 12.6. The van der Waals surface area contributed by atoms with Crippen molar-refractivity contribution in [3.63, 3.8) is 0 Å². The Labute approximate surface area is 170 Å². The Balaban J connectivity index is 1.51. The summed E-state index contributed by atoms with van der Waals surface area (Å²) < 4.78 is 7.80. The first-order chi connectivity index (χ1) is 14.1. The van der Waals surface area contributed by atoms with Crippen molar-refractivity contribution in [3.8, 4) is 5.75 Å². The lowest BCUT2D eigenvalue weighted by Crippen LogP contribution is -2.28. The van der Waals surface area contributed by atoms with Crippen LogP contribution in [0.5, 0.6) is 5.75 Å². The molecule has 1 amide bonds. The average molecular weight is 394 g/mol. The Bertz CT molecular complexity index is 950. The summed E-state index contributed by atoms with van der Waals surface area (Å²) >= 11 is 0. The number of aromatic nitrogens is 1. The summed E-state index contributed by atoms with van der Waals surface area (Å²) in [5.41, 5.74) is 2.05. The molecule has 0 saturated heterocycles. The van der Waals surface area contributed by atoms with E-state index in [2.05, 4.69) is 5.32 Å². The predicted octanol–water partition coefficient (Wildman–Crippen LogP) is 3.98. The van der Waals surface area contributed by atoms with Crippen molar-refractivity contribution < 1.29 is 19.4 Å². The van der Waals surface area contributed by atoms with Crippen LogP contribution in [0.25, 0.3) is 10.9 Å². The zero-order chi connectivity index (χ0) is 20.5. The number of benzene rings is 2. The standard InChI is InChI=1S/C23H26N2O4/c26-22(24-13-6-2-5-9-23(27)28)16-25-14-12-19-10-11-20(15-21(19)25)29-17-18-7-3-1-4-8-18/h1,3-4,7-8,10-12,14-15H,2,5-6,9,13,16-17H2,(H,24,26)(H,27,28). The quantitative estimate of drug-likeness (QED) is 0.482. The highest BCUT2D eigenvalue weighted by molar-refractivity contribution is 5.84. The molecule has 0 aliphatic carbocycles. The fourth-order valence-electron chi connectivity index (χ4n) is 3.15. The minimum absolute atomic E-state index is 0.0589. The third kappa shape index (κ3) is 6.38. The third-order valence-corrected chi connectivity index (χ3v) is 4.70. The number of carboxylic acid groups (broad SMARTS) is 1. The molecule has 0 radical (unpaired) electrons. The van der Waals surface area contributed by atoms with E-state index in [0.717, 1.165) is 35.1 Å². The summed E-state index contributed by atoms with van der Waals surface area (Å²) in [7, 11) is 0. The molecule has 29 heavy (non-hydrogen) atoms. The van der Waals surface area contributed by atoms with Gasteiger partial charge in [-0.3, -0.25) is 9.59 Å². The fourth-order valence-corrected chi connectivity index (χ4v) is 3.15. The Morgan fingerprint density at radius 2 is 1.83 bits per heavy atom. The summed E-state index contributed by atoms with van der Waals surface area (Å²) in [5.74, 6) is -0.0721. The van der Waals surface area contributed by atoms with E-state index in [1.165, 1.54) is 0 Å². The van der Waals surface area contributed by atoms with Gasteiger partial charge >= 0.3 is 5.97 Å². The Morgan fingerprint density at radius 1 is 1.00 bits per heavy atom. The maximum Gasteiger partial charge on any atom is 0.303 e. The number of hydrogen-bond donors (Lipinski definition) is 2. The van der Waals surface area contributed by atoms with Gasteiger partial charge in [-0.2, -0.15) is 0 Å². The molecule has 6 heteroatoms. The minimum atomic E-state index is -0.777. The van der Waals surface area contributed by atoms with Crippen molar-refractivity contribution in [2.75, 3.05) is 6.54 Å². The lowest BCUT2D eigenvalue weighted by molar-refractivity contribution is -0.137. The number of nitrogens with one attached hydrogen (secondary N) is 1. The van der Waals surface area contributed by atoms with E-state index in [0.29, 0.717) is 19.6 Å². The number of carbonyl (C=O) groups is 2. The van der Waals surface area contributed by atoms with Crippen molar-refractivity contribution in [1.29, 1.82) is 0 Å². The molecule has 0 aliphatic rings. The van der Waals surface area contributed by atoms with Crippen LogP contribution in [-0.4, -0.2) is 28.1 Å². The molecular weight excluding hydrogens is 368 g/mol. The highest BCUT2D eigenvalue weighted by atomic mass is 16.5. The van der Waals surface area contributed by atoms with Crippen LogP contribution < -0.4 is 10.1 Å². The van der Waals surface area contributed by atoms with Crippen LogP contribution in [0.3, 0.4) is 0 Å². The van der Waals surface area contributed by atoms with Gasteiger partial charge in [0.25, 0.3) is 0 Å². The molecule has 1 aromatic heterocycles. The molecule has 1 heterocycles. The highest BCUT2D eigenvalue weighted by Gasteiger charge is 2.08. The molecule has 3 rings (SSSR count). The van der Waals surface area contributed by atoms with Crippen molar-refractivity contribution in [1.82, 2.24) is 9.88 Å². The normalized spacial score (nSPS) is 10.8.